The molecule has 1 atom stereocenters. The van der Waals surface area contributed by atoms with E-state index in [1.807, 2.05) is 0 Å². The standard InChI is InChI=1S/C12H19F2N/c1-2-3-4-5-11(15)10-6-8-12(13,14)9-7-10/h10-11H,4-9,15H2,1H3. The SMILES string of the molecule is CC#CCCC(N)C1CCC(F)(F)CC1. The zero-order chi connectivity index (χ0) is 11.3. The van der Waals surface area contributed by atoms with Gasteiger partial charge in [0, 0.05) is 25.3 Å². The summed E-state index contributed by atoms with van der Waals surface area (Å²) in [6, 6.07) is 0.0435. The summed E-state index contributed by atoms with van der Waals surface area (Å²) in [4.78, 5) is 0. The van der Waals surface area contributed by atoms with Crippen molar-refractivity contribution in [1.29, 1.82) is 0 Å². The van der Waals surface area contributed by atoms with Crippen molar-refractivity contribution >= 4 is 0 Å². The third kappa shape index (κ3) is 4.17. The summed E-state index contributed by atoms with van der Waals surface area (Å²) in [5, 5.41) is 0. The molecule has 0 radical (unpaired) electrons. The van der Waals surface area contributed by atoms with Crippen LogP contribution in [0, 0.1) is 17.8 Å². The van der Waals surface area contributed by atoms with Gasteiger partial charge >= 0.3 is 0 Å². The van der Waals surface area contributed by atoms with Crippen LogP contribution in [0.25, 0.3) is 0 Å². The summed E-state index contributed by atoms with van der Waals surface area (Å²) in [6.07, 6.45) is 2.75. The maximum atomic E-state index is 12.9. The Morgan fingerprint density at radius 2 is 2.00 bits per heavy atom. The Morgan fingerprint density at radius 1 is 1.40 bits per heavy atom. The molecule has 1 nitrogen and oxygen atoms in total. The van der Waals surface area contributed by atoms with Crippen molar-refractivity contribution in [3.05, 3.63) is 0 Å². The molecule has 0 aromatic heterocycles. The van der Waals surface area contributed by atoms with Crippen molar-refractivity contribution in [2.45, 2.75) is 57.4 Å². The number of hydrogen-bond donors (Lipinski definition) is 1. The van der Waals surface area contributed by atoms with E-state index in [-0.39, 0.29) is 24.8 Å². The Morgan fingerprint density at radius 3 is 2.53 bits per heavy atom. The van der Waals surface area contributed by atoms with Crippen LogP contribution in [0.2, 0.25) is 0 Å². The maximum Gasteiger partial charge on any atom is 0.248 e. The largest absolute Gasteiger partial charge is 0.327 e. The summed E-state index contributed by atoms with van der Waals surface area (Å²) in [6.45, 7) is 1.80. The van der Waals surface area contributed by atoms with E-state index in [4.69, 9.17) is 5.73 Å². The van der Waals surface area contributed by atoms with Gasteiger partial charge in [-0.05, 0) is 32.1 Å². The predicted octanol–water partition coefficient (Wildman–Crippen LogP) is 2.94. The molecular formula is C12H19F2N. The maximum absolute atomic E-state index is 12.9. The van der Waals surface area contributed by atoms with E-state index in [0.29, 0.717) is 12.8 Å². The second-order valence-corrected chi connectivity index (χ2v) is 4.32. The summed E-state index contributed by atoms with van der Waals surface area (Å²) in [5.41, 5.74) is 5.97. The molecule has 1 saturated carbocycles. The Labute approximate surface area is 90.4 Å². The molecule has 0 saturated heterocycles. The molecule has 1 unspecified atom stereocenters. The van der Waals surface area contributed by atoms with E-state index in [0.717, 1.165) is 12.8 Å². The Kier molecular flexibility index (Phi) is 4.53. The summed E-state index contributed by atoms with van der Waals surface area (Å²) < 4.78 is 25.8. The molecule has 0 heterocycles. The fourth-order valence-electron chi connectivity index (χ4n) is 2.09. The van der Waals surface area contributed by atoms with Crippen molar-refractivity contribution in [2.75, 3.05) is 0 Å². The van der Waals surface area contributed by atoms with Gasteiger partial charge in [-0.2, -0.15) is 0 Å². The Bertz CT molecular complexity index is 242. The second kappa shape index (κ2) is 5.46. The first-order chi connectivity index (χ1) is 7.05. The summed E-state index contributed by atoms with van der Waals surface area (Å²) >= 11 is 0. The molecule has 2 N–H and O–H groups in total. The van der Waals surface area contributed by atoms with Crippen molar-refractivity contribution < 1.29 is 8.78 Å². The predicted molar refractivity (Wildman–Crippen MR) is 57.6 cm³/mol. The van der Waals surface area contributed by atoms with Gasteiger partial charge in [-0.15, -0.1) is 11.8 Å². The van der Waals surface area contributed by atoms with Gasteiger partial charge in [-0.1, -0.05) is 0 Å². The molecule has 0 aromatic carbocycles. The van der Waals surface area contributed by atoms with Gasteiger partial charge < -0.3 is 5.73 Å². The van der Waals surface area contributed by atoms with E-state index < -0.39 is 5.92 Å². The fraction of sp³-hybridized carbons (Fsp3) is 0.833. The van der Waals surface area contributed by atoms with E-state index >= 15 is 0 Å². The molecule has 1 aliphatic rings. The van der Waals surface area contributed by atoms with Crippen molar-refractivity contribution in [3.63, 3.8) is 0 Å². The monoisotopic (exact) mass is 215 g/mol. The molecule has 0 aromatic rings. The van der Waals surface area contributed by atoms with Crippen molar-refractivity contribution in [1.82, 2.24) is 0 Å². The quantitative estimate of drug-likeness (QED) is 0.720. The summed E-state index contributed by atoms with van der Waals surface area (Å²) in [7, 11) is 0. The minimum atomic E-state index is -2.44. The van der Waals surface area contributed by atoms with Crippen LogP contribution < -0.4 is 5.73 Å². The number of halogens is 2. The fourth-order valence-corrected chi connectivity index (χ4v) is 2.09. The average Bonchev–Trinajstić information content (AvgIpc) is 2.18. The Balaban J connectivity index is 2.28. The third-order valence-electron chi connectivity index (χ3n) is 3.15. The molecule has 1 rings (SSSR count). The molecule has 3 heteroatoms. The van der Waals surface area contributed by atoms with Gasteiger partial charge in [0.1, 0.15) is 0 Å². The lowest BCUT2D eigenvalue weighted by atomic mass is 9.81. The van der Waals surface area contributed by atoms with Crippen LogP contribution in [-0.4, -0.2) is 12.0 Å². The van der Waals surface area contributed by atoms with Crippen LogP contribution >= 0.6 is 0 Å². The first-order valence-corrected chi connectivity index (χ1v) is 5.58. The van der Waals surface area contributed by atoms with Gasteiger partial charge in [-0.3, -0.25) is 0 Å². The first kappa shape index (κ1) is 12.4. The molecule has 0 spiro atoms. The van der Waals surface area contributed by atoms with E-state index in [2.05, 4.69) is 11.8 Å². The van der Waals surface area contributed by atoms with E-state index in [1.165, 1.54) is 0 Å². The molecule has 15 heavy (non-hydrogen) atoms. The highest BCUT2D eigenvalue weighted by Crippen LogP contribution is 2.37. The highest BCUT2D eigenvalue weighted by atomic mass is 19.3. The number of hydrogen-bond acceptors (Lipinski definition) is 1. The van der Waals surface area contributed by atoms with Gasteiger partial charge in [0.2, 0.25) is 5.92 Å². The zero-order valence-electron chi connectivity index (χ0n) is 9.23. The van der Waals surface area contributed by atoms with Crippen LogP contribution in [0.4, 0.5) is 8.78 Å². The van der Waals surface area contributed by atoms with Gasteiger partial charge in [0.05, 0.1) is 0 Å². The lowest BCUT2D eigenvalue weighted by molar-refractivity contribution is -0.0483. The number of rotatable bonds is 3. The Hall–Kier alpha value is -0.620. The second-order valence-electron chi connectivity index (χ2n) is 4.32. The third-order valence-corrected chi connectivity index (χ3v) is 3.15. The van der Waals surface area contributed by atoms with E-state index in [9.17, 15) is 8.78 Å². The lowest BCUT2D eigenvalue weighted by Crippen LogP contribution is -2.36. The smallest absolute Gasteiger partial charge is 0.248 e. The van der Waals surface area contributed by atoms with Crippen LogP contribution in [0.15, 0.2) is 0 Å². The van der Waals surface area contributed by atoms with Gasteiger partial charge in [-0.25, -0.2) is 8.78 Å². The minimum absolute atomic E-state index is 0.00478. The molecule has 1 aliphatic carbocycles. The summed E-state index contributed by atoms with van der Waals surface area (Å²) in [5.74, 6) is 3.59. The molecule has 0 aliphatic heterocycles. The van der Waals surface area contributed by atoms with E-state index in [1.54, 1.807) is 6.92 Å². The number of nitrogens with two attached hydrogens (primary N) is 1. The van der Waals surface area contributed by atoms with Crippen molar-refractivity contribution in [3.8, 4) is 11.8 Å². The zero-order valence-corrected chi connectivity index (χ0v) is 9.23. The van der Waals surface area contributed by atoms with Crippen LogP contribution in [0.1, 0.15) is 45.4 Å². The van der Waals surface area contributed by atoms with Gasteiger partial charge in [0.15, 0.2) is 0 Å². The van der Waals surface area contributed by atoms with Crippen LogP contribution in [-0.2, 0) is 0 Å². The first-order valence-electron chi connectivity index (χ1n) is 5.58. The molecule has 0 amide bonds. The number of alkyl halides is 2. The highest BCUT2D eigenvalue weighted by Gasteiger charge is 2.36. The molecule has 86 valence electrons. The normalized spacial score (nSPS) is 22.9. The van der Waals surface area contributed by atoms with Crippen LogP contribution in [0.5, 0.6) is 0 Å². The van der Waals surface area contributed by atoms with Crippen molar-refractivity contribution in [2.24, 2.45) is 11.7 Å². The topological polar surface area (TPSA) is 26.0 Å². The lowest BCUT2D eigenvalue weighted by Gasteiger charge is -2.31. The molecule has 0 bridgehead atoms. The highest BCUT2D eigenvalue weighted by molar-refractivity contribution is 4.96. The van der Waals surface area contributed by atoms with Gasteiger partial charge in [0.25, 0.3) is 0 Å². The minimum Gasteiger partial charge on any atom is -0.327 e. The molecule has 1 fully saturated rings. The molecular weight excluding hydrogens is 196 g/mol. The average molecular weight is 215 g/mol. The van der Waals surface area contributed by atoms with Crippen LogP contribution in [0.3, 0.4) is 0 Å².